The van der Waals surface area contributed by atoms with Gasteiger partial charge in [-0.1, -0.05) is 6.07 Å². The standard InChI is InChI=1S/C19H16F2N4O2/c20-12-4-5-13(14(21)9-12)19-22-15-6-8-25(10-16(15)23-19)18(27)11-24-7-2-1-3-17(24)26/h1-5,7,9H,6,8,10-11H2,(H,22,23). The molecule has 0 unspecified atom stereocenters. The van der Waals surface area contributed by atoms with Gasteiger partial charge in [0.1, 0.15) is 24.0 Å². The van der Waals surface area contributed by atoms with Crippen LogP contribution >= 0.6 is 0 Å². The normalized spacial score (nSPS) is 13.5. The molecule has 1 aliphatic heterocycles. The Labute approximate surface area is 153 Å². The molecule has 3 aromatic rings. The summed E-state index contributed by atoms with van der Waals surface area (Å²) in [7, 11) is 0. The first kappa shape index (κ1) is 17.1. The third kappa shape index (κ3) is 3.38. The highest BCUT2D eigenvalue weighted by Crippen LogP contribution is 2.25. The van der Waals surface area contributed by atoms with Crippen molar-refractivity contribution in [1.29, 1.82) is 0 Å². The first-order chi connectivity index (χ1) is 13.0. The molecule has 0 saturated carbocycles. The number of hydrogen-bond donors (Lipinski definition) is 1. The monoisotopic (exact) mass is 370 g/mol. The Morgan fingerprint density at radius 1 is 1.22 bits per heavy atom. The lowest BCUT2D eigenvalue weighted by Gasteiger charge is -2.26. The van der Waals surface area contributed by atoms with Crippen LogP contribution in [0, 0.1) is 11.6 Å². The number of aromatic amines is 1. The van der Waals surface area contributed by atoms with Crippen LogP contribution in [0.2, 0.25) is 0 Å². The number of imidazole rings is 1. The van der Waals surface area contributed by atoms with Gasteiger partial charge in [0.25, 0.3) is 5.56 Å². The molecule has 0 bridgehead atoms. The van der Waals surface area contributed by atoms with E-state index in [0.717, 1.165) is 11.8 Å². The largest absolute Gasteiger partial charge is 0.340 e. The van der Waals surface area contributed by atoms with Gasteiger partial charge in [-0.05, 0) is 18.2 Å². The van der Waals surface area contributed by atoms with Crippen molar-refractivity contribution in [2.75, 3.05) is 6.54 Å². The molecule has 0 atom stereocenters. The van der Waals surface area contributed by atoms with Crippen molar-refractivity contribution in [3.8, 4) is 11.4 Å². The van der Waals surface area contributed by atoms with Crippen LogP contribution in [0.1, 0.15) is 11.4 Å². The fraction of sp³-hybridized carbons (Fsp3) is 0.211. The summed E-state index contributed by atoms with van der Waals surface area (Å²) in [5.41, 5.74) is 1.42. The first-order valence-corrected chi connectivity index (χ1v) is 8.47. The van der Waals surface area contributed by atoms with E-state index in [9.17, 15) is 18.4 Å². The molecule has 0 radical (unpaired) electrons. The van der Waals surface area contributed by atoms with Gasteiger partial charge in [0.2, 0.25) is 5.91 Å². The Morgan fingerprint density at radius 2 is 2.07 bits per heavy atom. The Bertz CT molecular complexity index is 1070. The molecule has 1 aliphatic rings. The molecule has 0 saturated heterocycles. The smallest absolute Gasteiger partial charge is 0.250 e. The summed E-state index contributed by atoms with van der Waals surface area (Å²) >= 11 is 0. The summed E-state index contributed by atoms with van der Waals surface area (Å²) in [5.74, 6) is -1.22. The number of nitrogens with zero attached hydrogens (tertiary/aromatic N) is 3. The molecule has 6 nitrogen and oxygen atoms in total. The molecule has 138 valence electrons. The third-order valence-corrected chi connectivity index (χ3v) is 4.58. The van der Waals surface area contributed by atoms with Gasteiger partial charge in [0, 0.05) is 31.3 Å². The Morgan fingerprint density at radius 3 is 2.85 bits per heavy atom. The Balaban J connectivity index is 1.53. The molecule has 0 fully saturated rings. The van der Waals surface area contributed by atoms with Crippen molar-refractivity contribution < 1.29 is 13.6 Å². The molecule has 3 heterocycles. The Kier molecular flexibility index (Phi) is 4.31. The summed E-state index contributed by atoms with van der Waals surface area (Å²) in [5, 5.41) is 0. The van der Waals surface area contributed by atoms with Gasteiger partial charge in [-0.15, -0.1) is 0 Å². The number of fused-ring (bicyclic) bond motifs is 1. The predicted molar refractivity (Wildman–Crippen MR) is 93.8 cm³/mol. The van der Waals surface area contributed by atoms with Gasteiger partial charge in [-0.25, -0.2) is 13.8 Å². The number of pyridine rings is 1. The number of amides is 1. The zero-order valence-corrected chi connectivity index (χ0v) is 14.3. The maximum Gasteiger partial charge on any atom is 0.250 e. The molecular weight excluding hydrogens is 354 g/mol. The van der Waals surface area contributed by atoms with Gasteiger partial charge in [-0.3, -0.25) is 9.59 Å². The average Bonchev–Trinajstić information content (AvgIpc) is 3.06. The molecule has 4 rings (SSSR count). The van der Waals surface area contributed by atoms with Crippen molar-refractivity contribution >= 4 is 5.91 Å². The summed E-state index contributed by atoms with van der Waals surface area (Å²) in [6, 6.07) is 8.04. The SMILES string of the molecule is O=C(Cn1ccccc1=O)N1CCc2nc(-c3ccc(F)cc3F)[nH]c2C1. The molecule has 1 amide bonds. The highest BCUT2D eigenvalue weighted by atomic mass is 19.1. The number of nitrogens with one attached hydrogen (secondary N) is 1. The second-order valence-electron chi connectivity index (χ2n) is 6.37. The minimum absolute atomic E-state index is 0.0391. The minimum Gasteiger partial charge on any atom is -0.340 e. The number of aromatic nitrogens is 3. The minimum atomic E-state index is -0.697. The lowest BCUT2D eigenvalue weighted by molar-refractivity contribution is -0.132. The number of H-pyrrole nitrogens is 1. The van der Waals surface area contributed by atoms with Crippen LogP contribution in [0.25, 0.3) is 11.4 Å². The Hall–Kier alpha value is -3.29. The third-order valence-electron chi connectivity index (χ3n) is 4.58. The van der Waals surface area contributed by atoms with Crippen LogP contribution in [0.5, 0.6) is 0 Å². The van der Waals surface area contributed by atoms with E-state index in [4.69, 9.17) is 0 Å². The molecule has 27 heavy (non-hydrogen) atoms. The van der Waals surface area contributed by atoms with Crippen LogP contribution in [-0.4, -0.2) is 31.9 Å². The van der Waals surface area contributed by atoms with Crippen molar-refractivity contribution in [3.63, 3.8) is 0 Å². The van der Waals surface area contributed by atoms with Crippen LogP contribution in [0.4, 0.5) is 8.78 Å². The van der Waals surface area contributed by atoms with Crippen molar-refractivity contribution in [3.05, 3.63) is 76.0 Å². The van der Waals surface area contributed by atoms with Gasteiger partial charge < -0.3 is 14.5 Å². The van der Waals surface area contributed by atoms with E-state index in [1.807, 2.05) is 0 Å². The van der Waals surface area contributed by atoms with Crippen molar-refractivity contribution in [1.82, 2.24) is 19.4 Å². The summed E-state index contributed by atoms with van der Waals surface area (Å²) in [6.07, 6.45) is 2.09. The second kappa shape index (κ2) is 6.79. The highest BCUT2D eigenvalue weighted by Gasteiger charge is 2.25. The predicted octanol–water partition coefficient (Wildman–Crippen LogP) is 2.10. The van der Waals surface area contributed by atoms with Gasteiger partial charge in [-0.2, -0.15) is 0 Å². The average molecular weight is 370 g/mol. The number of benzene rings is 1. The van der Waals surface area contributed by atoms with E-state index in [1.54, 1.807) is 23.2 Å². The number of hydrogen-bond acceptors (Lipinski definition) is 3. The zero-order valence-electron chi connectivity index (χ0n) is 14.3. The number of rotatable bonds is 3. The fourth-order valence-electron chi connectivity index (χ4n) is 3.15. The van der Waals surface area contributed by atoms with Crippen LogP contribution < -0.4 is 5.56 Å². The summed E-state index contributed by atoms with van der Waals surface area (Å²) in [6.45, 7) is 0.720. The number of carbonyl (C=O) groups excluding carboxylic acids is 1. The van der Waals surface area contributed by atoms with E-state index in [0.29, 0.717) is 31.0 Å². The molecule has 1 N–H and O–H groups in total. The lowest BCUT2D eigenvalue weighted by Crippen LogP contribution is -2.39. The van der Waals surface area contributed by atoms with Gasteiger partial charge in [0.15, 0.2) is 0 Å². The van der Waals surface area contributed by atoms with Crippen molar-refractivity contribution in [2.45, 2.75) is 19.5 Å². The number of halogens is 2. The fourth-order valence-corrected chi connectivity index (χ4v) is 3.15. The molecule has 2 aromatic heterocycles. The molecule has 0 aliphatic carbocycles. The van der Waals surface area contributed by atoms with Gasteiger partial charge >= 0.3 is 0 Å². The number of carbonyl (C=O) groups is 1. The van der Waals surface area contributed by atoms with Crippen LogP contribution in [-0.2, 0) is 24.3 Å². The molecular formula is C19H16F2N4O2. The van der Waals surface area contributed by atoms with E-state index >= 15 is 0 Å². The van der Waals surface area contributed by atoms with Crippen LogP contribution in [0.15, 0.2) is 47.4 Å². The molecule has 8 heteroatoms. The van der Waals surface area contributed by atoms with E-state index < -0.39 is 11.6 Å². The van der Waals surface area contributed by atoms with Gasteiger partial charge in [0.05, 0.1) is 23.5 Å². The second-order valence-corrected chi connectivity index (χ2v) is 6.37. The topological polar surface area (TPSA) is 71.0 Å². The quantitative estimate of drug-likeness (QED) is 0.768. The van der Waals surface area contributed by atoms with E-state index in [1.165, 1.54) is 22.8 Å². The summed E-state index contributed by atoms with van der Waals surface area (Å²) < 4.78 is 28.4. The summed E-state index contributed by atoms with van der Waals surface area (Å²) in [4.78, 5) is 33.4. The van der Waals surface area contributed by atoms with Crippen molar-refractivity contribution in [2.24, 2.45) is 0 Å². The lowest BCUT2D eigenvalue weighted by atomic mass is 10.1. The van der Waals surface area contributed by atoms with E-state index in [-0.39, 0.29) is 23.6 Å². The maximum absolute atomic E-state index is 14.0. The maximum atomic E-state index is 14.0. The molecule has 0 spiro atoms. The first-order valence-electron chi connectivity index (χ1n) is 8.47. The van der Waals surface area contributed by atoms with Crippen LogP contribution in [0.3, 0.4) is 0 Å². The molecule has 1 aromatic carbocycles. The zero-order chi connectivity index (χ0) is 19.0. The highest BCUT2D eigenvalue weighted by molar-refractivity contribution is 5.76. The van der Waals surface area contributed by atoms with E-state index in [2.05, 4.69) is 9.97 Å².